The molecule has 0 radical (unpaired) electrons. The first-order valence-electron chi connectivity index (χ1n) is 13.2. The van der Waals surface area contributed by atoms with E-state index in [4.69, 9.17) is 0 Å². The van der Waals surface area contributed by atoms with Crippen LogP contribution in [0.25, 0.3) is 0 Å². The van der Waals surface area contributed by atoms with Gasteiger partial charge in [0.05, 0.1) is 0 Å². The number of nitrogens with one attached hydrogen (secondary N) is 4. The van der Waals surface area contributed by atoms with Crippen molar-refractivity contribution in [1.82, 2.24) is 14.2 Å². The minimum atomic E-state index is -2.92. The Hall–Kier alpha value is 0.639. The summed E-state index contributed by atoms with van der Waals surface area (Å²) in [6.07, 6.45) is 21.4. The summed E-state index contributed by atoms with van der Waals surface area (Å²) in [5, 5.41) is 0. The van der Waals surface area contributed by atoms with Crippen LogP contribution in [-0.4, -0.2) is 45.6 Å². The van der Waals surface area contributed by atoms with E-state index in [9.17, 15) is 0 Å². The van der Waals surface area contributed by atoms with Gasteiger partial charge in [-0.15, -0.1) is 0 Å². The van der Waals surface area contributed by atoms with E-state index in [0.29, 0.717) is 0 Å². The molecule has 0 bridgehead atoms. The molecule has 0 unspecified atom stereocenters. The van der Waals surface area contributed by atoms with Crippen molar-refractivity contribution in [3.63, 3.8) is 0 Å². The Labute approximate surface area is 189 Å². The molecule has 0 saturated carbocycles. The van der Waals surface area contributed by atoms with Crippen molar-refractivity contribution in [2.45, 2.75) is 130 Å². The Morgan fingerprint density at radius 2 is 0.586 bits per heavy atom. The Bertz CT molecular complexity index is 254. The molecule has 0 heterocycles. The molecule has 4 nitrogen and oxygen atoms in total. The van der Waals surface area contributed by atoms with Crippen LogP contribution in [-0.2, 0) is 0 Å². The van der Waals surface area contributed by atoms with Gasteiger partial charge in [-0.05, 0) is 0 Å². The van der Waals surface area contributed by atoms with E-state index in [0.717, 1.165) is 26.2 Å². The molecule has 0 aromatic rings. The Balaban J connectivity index is 4.69. The number of hydrogen-bond acceptors (Lipinski definition) is 4. The first-order valence-corrected chi connectivity index (χ1v) is 19.0. The van der Waals surface area contributed by atoms with E-state index >= 15 is 0 Å². The second kappa shape index (κ2) is 23.3. The van der Waals surface area contributed by atoms with E-state index in [1.54, 1.807) is 0 Å². The first-order chi connectivity index (χ1) is 14.2. The summed E-state index contributed by atoms with van der Waals surface area (Å²) >= 11 is -2.92. The van der Waals surface area contributed by atoms with Crippen LogP contribution < -0.4 is 14.2 Å². The third-order valence-corrected chi connectivity index (χ3v) is 14.6. The Morgan fingerprint density at radius 1 is 0.345 bits per heavy atom. The number of hydrogen-bond donors (Lipinski definition) is 4. The molecule has 0 aromatic heterocycles. The second-order valence-electron chi connectivity index (χ2n) is 8.70. The molecule has 29 heavy (non-hydrogen) atoms. The van der Waals surface area contributed by atoms with Crippen molar-refractivity contribution >= 4 is 19.5 Å². The van der Waals surface area contributed by atoms with Crippen LogP contribution in [0.4, 0.5) is 0 Å². The van der Waals surface area contributed by atoms with Crippen LogP contribution in [0.1, 0.15) is 130 Å². The van der Waals surface area contributed by atoms with E-state index in [-0.39, 0.29) is 0 Å². The van der Waals surface area contributed by atoms with Crippen molar-refractivity contribution in [2.75, 3.05) is 26.2 Å². The fourth-order valence-electron chi connectivity index (χ4n) is 3.69. The normalized spacial score (nSPS) is 12.0. The molecule has 0 aliphatic carbocycles. The van der Waals surface area contributed by atoms with Crippen LogP contribution in [0.3, 0.4) is 0 Å². The summed E-state index contributed by atoms with van der Waals surface area (Å²) in [4.78, 5) is 0. The predicted octanol–water partition coefficient (Wildman–Crippen LogP) is 6.10. The summed E-state index contributed by atoms with van der Waals surface area (Å²) in [5.41, 5.74) is 0. The third kappa shape index (κ3) is 19.1. The van der Waals surface area contributed by atoms with Gasteiger partial charge in [0, 0.05) is 0 Å². The molecule has 0 fully saturated rings. The standard InChI is InChI=1S/4C6H14N.Sn/c4*1-2-3-4-5-6-7;/h4*7H,2-6H2,1H3;/q4*-1;+4. The molecule has 176 valence electrons. The number of unbranched alkanes of at least 4 members (excludes halogenated alkanes) is 12. The van der Waals surface area contributed by atoms with Crippen molar-refractivity contribution < 1.29 is 0 Å². The summed E-state index contributed by atoms with van der Waals surface area (Å²) in [7, 11) is 0. The monoisotopic (exact) mass is 520 g/mol. The molecular weight excluding hydrogens is 463 g/mol. The van der Waals surface area contributed by atoms with Gasteiger partial charge < -0.3 is 0 Å². The maximum atomic E-state index is 4.04. The van der Waals surface area contributed by atoms with Gasteiger partial charge in [0.15, 0.2) is 0 Å². The third-order valence-electron chi connectivity index (χ3n) is 5.68. The van der Waals surface area contributed by atoms with E-state index < -0.39 is 19.5 Å². The van der Waals surface area contributed by atoms with Crippen LogP contribution in [0.2, 0.25) is 0 Å². The zero-order valence-electron chi connectivity index (χ0n) is 20.6. The van der Waals surface area contributed by atoms with Gasteiger partial charge in [-0.1, -0.05) is 0 Å². The van der Waals surface area contributed by atoms with E-state index in [1.165, 1.54) is 103 Å². The second-order valence-corrected chi connectivity index (χ2v) is 17.0. The van der Waals surface area contributed by atoms with E-state index in [2.05, 4.69) is 41.8 Å². The fraction of sp³-hybridized carbons (Fsp3) is 1.00. The molecule has 0 amide bonds. The van der Waals surface area contributed by atoms with E-state index in [1.807, 2.05) is 0 Å². The maximum absolute atomic E-state index is 4.04. The molecule has 0 aliphatic heterocycles. The molecular formula is C24H56N4Sn. The van der Waals surface area contributed by atoms with Crippen molar-refractivity contribution in [3.8, 4) is 0 Å². The predicted molar refractivity (Wildman–Crippen MR) is 134 cm³/mol. The zero-order chi connectivity index (χ0) is 21.5. The molecule has 0 spiro atoms. The van der Waals surface area contributed by atoms with Gasteiger partial charge in [-0.25, -0.2) is 0 Å². The fourth-order valence-corrected chi connectivity index (χ4v) is 12.1. The summed E-state index contributed by atoms with van der Waals surface area (Å²) in [6, 6.07) is 0. The first kappa shape index (κ1) is 29.6. The van der Waals surface area contributed by atoms with Crippen LogP contribution in [0.15, 0.2) is 0 Å². The van der Waals surface area contributed by atoms with Gasteiger partial charge in [0.1, 0.15) is 0 Å². The molecule has 4 N–H and O–H groups in total. The van der Waals surface area contributed by atoms with Gasteiger partial charge in [0.25, 0.3) is 0 Å². The molecule has 0 saturated heterocycles. The van der Waals surface area contributed by atoms with Crippen LogP contribution in [0.5, 0.6) is 0 Å². The van der Waals surface area contributed by atoms with Crippen LogP contribution >= 0.6 is 0 Å². The zero-order valence-corrected chi connectivity index (χ0v) is 23.5. The Morgan fingerprint density at radius 3 is 0.793 bits per heavy atom. The average molecular weight is 519 g/mol. The Kier molecular flexibility index (Phi) is 23.8. The van der Waals surface area contributed by atoms with Crippen molar-refractivity contribution in [3.05, 3.63) is 0 Å². The van der Waals surface area contributed by atoms with Gasteiger partial charge in [0.2, 0.25) is 0 Å². The van der Waals surface area contributed by atoms with Gasteiger partial charge in [-0.2, -0.15) is 0 Å². The minimum absolute atomic E-state index is 1.15. The van der Waals surface area contributed by atoms with Crippen molar-refractivity contribution in [2.24, 2.45) is 0 Å². The van der Waals surface area contributed by atoms with Gasteiger partial charge >= 0.3 is 190 Å². The number of rotatable bonds is 24. The van der Waals surface area contributed by atoms with Crippen molar-refractivity contribution in [1.29, 1.82) is 0 Å². The molecule has 0 aliphatic rings. The molecule has 0 aromatic carbocycles. The molecule has 0 rings (SSSR count). The molecule has 5 heteroatoms. The summed E-state index contributed by atoms with van der Waals surface area (Å²) in [6.45, 7) is 13.8. The average Bonchev–Trinajstić information content (AvgIpc) is 2.73. The SMILES string of the molecule is CCCCCC[NH][Sn]([NH]CCCCCC)([NH]CCCCCC)[NH]CCCCCC. The summed E-state index contributed by atoms with van der Waals surface area (Å²) in [5.74, 6) is 0. The summed E-state index contributed by atoms with van der Waals surface area (Å²) < 4.78 is 16.2. The van der Waals surface area contributed by atoms with Gasteiger partial charge in [-0.3, -0.25) is 0 Å². The molecule has 0 atom stereocenters. The quantitative estimate of drug-likeness (QED) is 0.0920. The van der Waals surface area contributed by atoms with Crippen LogP contribution in [0, 0.1) is 0 Å². The topological polar surface area (TPSA) is 48.1 Å².